The maximum absolute atomic E-state index is 12.5. The molecule has 1 aromatic carbocycles. The number of rotatable bonds is 4. The molecular weight excluding hydrogens is 288 g/mol. The number of hydrogen-bond donors (Lipinski definition) is 1. The Morgan fingerprint density at radius 1 is 1.43 bits per heavy atom. The molecular formula is C15H20N2O3S. The molecule has 114 valence electrons. The number of hydrogen-bond acceptors (Lipinski definition) is 3. The first kappa shape index (κ1) is 15.7. The van der Waals surface area contributed by atoms with Gasteiger partial charge in [-0.1, -0.05) is 12.1 Å². The average molecular weight is 308 g/mol. The van der Waals surface area contributed by atoms with Gasteiger partial charge in [0.2, 0.25) is 5.91 Å². The summed E-state index contributed by atoms with van der Waals surface area (Å²) in [5.74, 6) is -0.258. The summed E-state index contributed by atoms with van der Waals surface area (Å²) in [5.41, 5.74) is 6.79. The normalized spacial score (nSPS) is 20.0. The molecule has 1 aliphatic rings. The number of amides is 2. The van der Waals surface area contributed by atoms with Gasteiger partial charge in [-0.05, 0) is 30.5 Å². The minimum absolute atomic E-state index is 0.0929. The van der Waals surface area contributed by atoms with E-state index in [1.165, 1.54) is 0 Å². The predicted octanol–water partition coefficient (Wildman–Crippen LogP) is 0.903. The molecule has 0 saturated carbocycles. The molecule has 2 unspecified atom stereocenters. The zero-order valence-electron chi connectivity index (χ0n) is 12.1. The molecule has 0 aliphatic carbocycles. The average Bonchev–Trinajstić information content (AvgIpc) is 2.46. The third-order valence-corrected chi connectivity index (χ3v) is 4.39. The van der Waals surface area contributed by atoms with Crippen molar-refractivity contribution in [1.29, 1.82) is 0 Å². The molecule has 2 rings (SSSR count). The number of nitrogens with two attached hydrogens (primary N) is 1. The Morgan fingerprint density at radius 2 is 2.19 bits per heavy atom. The van der Waals surface area contributed by atoms with Gasteiger partial charge in [0.1, 0.15) is 0 Å². The summed E-state index contributed by atoms with van der Waals surface area (Å²) < 4.78 is 11.3. The van der Waals surface area contributed by atoms with Crippen molar-refractivity contribution in [3.8, 4) is 0 Å². The van der Waals surface area contributed by atoms with E-state index in [1.54, 1.807) is 29.4 Å². The Hall–Kier alpha value is -1.69. The van der Waals surface area contributed by atoms with E-state index in [9.17, 15) is 13.8 Å². The summed E-state index contributed by atoms with van der Waals surface area (Å²) in [6.07, 6.45) is 3.17. The zero-order chi connectivity index (χ0) is 15.4. The fourth-order valence-electron chi connectivity index (χ4n) is 2.61. The number of benzene rings is 1. The Morgan fingerprint density at radius 3 is 2.86 bits per heavy atom. The van der Waals surface area contributed by atoms with Crippen molar-refractivity contribution < 1.29 is 13.8 Å². The molecule has 5 nitrogen and oxygen atoms in total. The van der Waals surface area contributed by atoms with Gasteiger partial charge in [-0.3, -0.25) is 13.8 Å². The monoisotopic (exact) mass is 308 g/mol. The molecule has 0 spiro atoms. The highest BCUT2D eigenvalue weighted by molar-refractivity contribution is 7.83. The fourth-order valence-corrected chi connectivity index (χ4v) is 3.25. The van der Waals surface area contributed by atoms with Crippen LogP contribution in [-0.2, 0) is 21.3 Å². The smallest absolute Gasteiger partial charge is 0.253 e. The molecule has 1 heterocycles. The van der Waals surface area contributed by atoms with E-state index in [2.05, 4.69) is 0 Å². The highest BCUT2D eigenvalue weighted by Gasteiger charge is 2.27. The second kappa shape index (κ2) is 6.85. The number of likely N-dealkylation sites (tertiary alicyclic amines) is 1. The van der Waals surface area contributed by atoms with Gasteiger partial charge < -0.3 is 10.6 Å². The van der Waals surface area contributed by atoms with E-state index >= 15 is 0 Å². The minimum atomic E-state index is -0.941. The number of carbonyl (C=O) groups excluding carboxylic acids is 2. The molecule has 2 N–H and O–H groups in total. The summed E-state index contributed by atoms with van der Waals surface area (Å²) in [6.45, 7) is 1.03. The lowest BCUT2D eigenvalue weighted by molar-refractivity contribution is -0.123. The molecule has 1 fully saturated rings. The maximum atomic E-state index is 12.5. The van der Waals surface area contributed by atoms with Crippen LogP contribution in [0.4, 0.5) is 0 Å². The minimum Gasteiger partial charge on any atom is -0.369 e. The number of primary amides is 1. The molecule has 6 heteroatoms. The third kappa shape index (κ3) is 4.14. The van der Waals surface area contributed by atoms with Crippen LogP contribution in [0.15, 0.2) is 24.3 Å². The second-order valence-electron chi connectivity index (χ2n) is 5.41. The van der Waals surface area contributed by atoms with Crippen LogP contribution < -0.4 is 5.73 Å². The summed E-state index contributed by atoms with van der Waals surface area (Å²) >= 11 is 0. The van der Waals surface area contributed by atoms with Crippen molar-refractivity contribution in [2.45, 2.75) is 18.6 Å². The Balaban J connectivity index is 2.12. The maximum Gasteiger partial charge on any atom is 0.253 e. The molecule has 2 atom stereocenters. The van der Waals surface area contributed by atoms with Gasteiger partial charge in [-0.25, -0.2) is 0 Å². The van der Waals surface area contributed by atoms with Crippen LogP contribution in [0.25, 0.3) is 0 Å². The highest BCUT2D eigenvalue weighted by atomic mass is 32.2. The van der Waals surface area contributed by atoms with Crippen molar-refractivity contribution in [2.24, 2.45) is 11.7 Å². The largest absolute Gasteiger partial charge is 0.369 e. The van der Waals surface area contributed by atoms with Crippen LogP contribution in [-0.4, -0.2) is 40.3 Å². The third-order valence-electron chi connectivity index (χ3n) is 3.65. The van der Waals surface area contributed by atoms with E-state index in [4.69, 9.17) is 5.73 Å². The first-order valence-corrected chi connectivity index (χ1v) is 8.67. The van der Waals surface area contributed by atoms with Gasteiger partial charge >= 0.3 is 0 Å². The lowest BCUT2D eigenvalue weighted by Crippen LogP contribution is -2.44. The van der Waals surface area contributed by atoms with Crippen LogP contribution in [0.3, 0.4) is 0 Å². The summed E-state index contributed by atoms with van der Waals surface area (Å²) in [5, 5.41) is 0. The standard InChI is InChI=1S/C15H20N2O3S/c1-21(20)10-11-4-2-5-12(8-11)15(19)17-7-3-6-13(9-17)14(16)18/h2,4-5,8,13H,3,6-7,9-10H2,1H3,(H2,16,18). The molecule has 1 aromatic rings. The van der Waals surface area contributed by atoms with Crippen molar-refractivity contribution in [3.05, 3.63) is 35.4 Å². The first-order chi connectivity index (χ1) is 9.97. The summed E-state index contributed by atoms with van der Waals surface area (Å²) in [4.78, 5) is 25.5. The molecule has 0 radical (unpaired) electrons. The van der Waals surface area contributed by atoms with E-state index < -0.39 is 10.8 Å². The van der Waals surface area contributed by atoms with Crippen LogP contribution in [0.5, 0.6) is 0 Å². The predicted molar refractivity (Wildman–Crippen MR) is 82.0 cm³/mol. The van der Waals surface area contributed by atoms with Crippen LogP contribution >= 0.6 is 0 Å². The summed E-state index contributed by atoms with van der Waals surface area (Å²) in [6, 6.07) is 7.18. The van der Waals surface area contributed by atoms with Crippen molar-refractivity contribution >= 4 is 22.6 Å². The van der Waals surface area contributed by atoms with Gasteiger partial charge in [0.25, 0.3) is 5.91 Å². The van der Waals surface area contributed by atoms with Gasteiger partial charge in [-0.15, -0.1) is 0 Å². The van der Waals surface area contributed by atoms with Gasteiger partial charge in [0.05, 0.1) is 5.92 Å². The Kier molecular flexibility index (Phi) is 5.12. The van der Waals surface area contributed by atoms with E-state index in [-0.39, 0.29) is 17.7 Å². The summed E-state index contributed by atoms with van der Waals surface area (Å²) in [7, 11) is -0.941. The fraction of sp³-hybridized carbons (Fsp3) is 0.467. The van der Waals surface area contributed by atoms with E-state index in [0.29, 0.717) is 24.4 Å². The highest BCUT2D eigenvalue weighted by Crippen LogP contribution is 2.19. The molecule has 2 amide bonds. The van der Waals surface area contributed by atoms with Crippen molar-refractivity contribution in [2.75, 3.05) is 19.3 Å². The SMILES string of the molecule is CS(=O)Cc1cccc(C(=O)N2CCCC(C(N)=O)C2)c1. The zero-order valence-corrected chi connectivity index (χ0v) is 12.9. The number of nitrogens with zero attached hydrogens (tertiary/aromatic N) is 1. The Labute approximate surface area is 127 Å². The quantitative estimate of drug-likeness (QED) is 0.897. The van der Waals surface area contributed by atoms with Crippen molar-refractivity contribution in [3.63, 3.8) is 0 Å². The molecule has 1 aliphatic heterocycles. The van der Waals surface area contributed by atoms with Gasteiger partial charge in [-0.2, -0.15) is 0 Å². The molecule has 0 aromatic heterocycles. The van der Waals surface area contributed by atoms with E-state index in [1.807, 2.05) is 6.07 Å². The Bertz CT molecular complexity index is 574. The second-order valence-corrected chi connectivity index (χ2v) is 6.85. The van der Waals surface area contributed by atoms with Gasteiger partial charge in [0, 0.05) is 41.5 Å². The first-order valence-electron chi connectivity index (χ1n) is 6.95. The number of piperidine rings is 1. The van der Waals surface area contributed by atoms with Crippen molar-refractivity contribution in [1.82, 2.24) is 4.90 Å². The molecule has 1 saturated heterocycles. The lowest BCUT2D eigenvalue weighted by atomic mass is 9.97. The van der Waals surface area contributed by atoms with Crippen LogP contribution in [0, 0.1) is 5.92 Å². The molecule has 0 bridgehead atoms. The van der Waals surface area contributed by atoms with Crippen LogP contribution in [0.1, 0.15) is 28.8 Å². The lowest BCUT2D eigenvalue weighted by Gasteiger charge is -2.31. The molecule has 21 heavy (non-hydrogen) atoms. The topological polar surface area (TPSA) is 80.5 Å². The van der Waals surface area contributed by atoms with Crippen LogP contribution in [0.2, 0.25) is 0 Å². The van der Waals surface area contributed by atoms with Gasteiger partial charge in [0.15, 0.2) is 0 Å². The number of carbonyl (C=O) groups is 2. The van der Waals surface area contributed by atoms with E-state index in [0.717, 1.165) is 18.4 Å².